The number of carboxylic acids is 1. The first-order valence-corrected chi connectivity index (χ1v) is 4.05. The van der Waals surface area contributed by atoms with Gasteiger partial charge in [-0.1, -0.05) is 6.07 Å². The van der Waals surface area contributed by atoms with Gasteiger partial charge in [-0.05, 0) is 12.1 Å². The van der Waals surface area contributed by atoms with Crippen molar-refractivity contribution >= 4 is 11.6 Å². The fourth-order valence-corrected chi connectivity index (χ4v) is 1.26. The third-order valence-corrected chi connectivity index (χ3v) is 1.93. The van der Waals surface area contributed by atoms with Gasteiger partial charge in [-0.25, -0.2) is 4.79 Å². The fourth-order valence-electron chi connectivity index (χ4n) is 1.26. The van der Waals surface area contributed by atoms with E-state index in [2.05, 4.69) is 4.98 Å². The highest BCUT2D eigenvalue weighted by atomic mass is 16.4. The number of fused-ring (bicyclic) bond motifs is 1. The first-order chi connectivity index (χ1) is 7.11. The van der Waals surface area contributed by atoms with Gasteiger partial charge in [-0.2, -0.15) is 4.98 Å². The average Bonchev–Trinajstić information content (AvgIpc) is 2.17. The van der Waals surface area contributed by atoms with Crippen LogP contribution in [0.3, 0.4) is 0 Å². The first kappa shape index (κ1) is 9.20. The topological polar surface area (TPSA) is 91.9 Å². The summed E-state index contributed by atoms with van der Waals surface area (Å²) in [4.78, 5) is 25.8. The van der Waals surface area contributed by atoms with Gasteiger partial charge in [-0.3, -0.25) is 9.20 Å². The Hall–Kier alpha value is -2.37. The van der Waals surface area contributed by atoms with Crippen molar-refractivity contribution in [2.24, 2.45) is 0 Å². The van der Waals surface area contributed by atoms with Crippen LogP contribution in [0.4, 0.5) is 0 Å². The number of aromatic nitrogens is 2. The third kappa shape index (κ3) is 1.32. The number of hydrogen-bond acceptors (Lipinski definition) is 4. The van der Waals surface area contributed by atoms with Crippen molar-refractivity contribution in [3.05, 3.63) is 40.3 Å². The Morgan fingerprint density at radius 2 is 2.13 bits per heavy atom. The highest BCUT2D eigenvalue weighted by Gasteiger charge is 2.18. The molecule has 0 aromatic carbocycles. The molecule has 0 saturated carbocycles. The highest BCUT2D eigenvalue weighted by molar-refractivity contribution is 5.89. The van der Waals surface area contributed by atoms with Gasteiger partial charge in [0.1, 0.15) is 5.65 Å². The molecule has 2 aromatic rings. The van der Waals surface area contributed by atoms with E-state index in [-0.39, 0.29) is 5.65 Å². The molecular weight excluding hydrogens is 200 g/mol. The minimum Gasteiger partial charge on any atom is -0.492 e. The molecule has 0 spiro atoms. The summed E-state index contributed by atoms with van der Waals surface area (Å²) in [5, 5.41) is 17.9. The normalized spacial score (nSPS) is 10.4. The number of carboxylic acid groups (broad SMARTS) is 1. The number of rotatable bonds is 1. The fraction of sp³-hybridized carbons (Fsp3) is 0. The molecule has 0 radical (unpaired) electrons. The van der Waals surface area contributed by atoms with Crippen LogP contribution in [0, 0.1) is 0 Å². The van der Waals surface area contributed by atoms with Crippen LogP contribution in [0.5, 0.6) is 5.88 Å². The lowest BCUT2D eigenvalue weighted by molar-refractivity contribution is 0.0690. The van der Waals surface area contributed by atoms with Crippen molar-refractivity contribution < 1.29 is 15.0 Å². The van der Waals surface area contributed by atoms with Crippen molar-refractivity contribution in [2.45, 2.75) is 0 Å². The lowest BCUT2D eigenvalue weighted by Crippen LogP contribution is -2.22. The zero-order valence-electron chi connectivity index (χ0n) is 7.41. The van der Waals surface area contributed by atoms with E-state index in [0.717, 1.165) is 4.40 Å². The minimum atomic E-state index is -1.50. The van der Waals surface area contributed by atoms with Crippen LogP contribution >= 0.6 is 0 Å². The van der Waals surface area contributed by atoms with Gasteiger partial charge in [0, 0.05) is 6.20 Å². The van der Waals surface area contributed by atoms with Crippen LogP contribution in [0.15, 0.2) is 29.2 Å². The summed E-state index contributed by atoms with van der Waals surface area (Å²) < 4.78 is 1.06. The molecule has 0 bridgehead atoms. The summed E-state index contributed by atoms with van der Waals surface area (Å²) in [5.74, 6) is -2.26. The van der Waals surface area contributed by atoms with E-state index in [9.17, 15) is 14.7 Å². The second-order valence-corrected chi connectivity index (χ2v) is 2.85. The van der Waals surface area contributed by atoms with Crippen LogP contribution in [-0.2, 0) is 0 Å². The highest BCUT2D eigenvalue weighted by Crippen LogP contribution is 2.10. The van der Waals surface area contributed by atoms with Gasteiger partial charge >= 0.3 is 5.97 Å². The summed E-state index contributed by atoms with van der Waals surface area (Å²) in [7, 11) is 0. The summed E-state index contributed by atoms with van der Waals surface area (Å²) in [5.41, 5.74) is -1.32. The third-order valence-electron chi connectivity index (χ3n) is 1.93. The Morgan fingerprint density at radius 1 is 1.40 bits per heavy atom. The van der Waals surface area contributed by atoms with Gasteiger partial charge in [-0.15, -0.1) is 0 Å². The monoisotopic (exact) mass is 206 g/mol. The van der Waals surface area contributed by atoms with E-state index in [4.69, 9.17) is 5.11 Å². The van der Waals surface area contributed by atoms with E-state index in [1.807, 2.05) is 0 Å². The molecule has 2 aromatic heterocycles. The van der Waals surface area contributed by atoms with Gasteiger partial charge < -0.3 is 10.2 Å². The summed E-state index contributed by atoms with van der Waals surface area (Å²) in [6.45, 7) is 0. The van der Waals surface area contributed by atoms with Gasteiger partial charge in [0.2, 0.25) is 5.88 Å². The number of carbonyl (C=O) groups is 1. The molecule has 2 N–H and O–H groups in total. The van der Waals surface area contributed by atoms with E-state index in [1.165, 1.54) is 12.3 Å². The molecule has 6 heteroatoms. The molecule has 0 aliphatic heterocycles. The van der Waals surface area contributed by atoms with Crippen LogP contribution in [-0.4, -0.2) is 25.6 Å². The maximum atomic E-state index is 11.6. The second-order valence-electron chi connectivity index (χ2n) is 2.85. The quantitative estimate of drug-likeness (QED) is 0.690. The predicted octanol–water partition coefficient (Wildman–Crippen LogP) is 0.0983. The maximum absolute atomic E-state index is 11.6. The molecule has 76 valence electrons. The molecular formula is C9H6N2O4. The van der Waals surface area contributed by atoms with Crippen LogP contribution < -0.4 is 5.56 Å². The van der Waals surface area contributed by atoms with E-state index in [0.29, 0.717) is 0 Å². The zero-order valence-corrected chi connectivity index (χ0v) is 7.41. The molecule has 0 atom stereocenters. The molecule has 0 amide bonds. The Bertz CT molecular complexity index is 603. The van der Waals surface area contributed by atoms with Crippen molar-refractivity contribution in [3.8, 4) is 5.88 Å². The summed E-state index contributed by atoms with van der Waals surface area (Å²) >= 11 is 0. The number of nitrogens with zero attached hydrogens (tertiary/aromatic N) is 2. The maximum Gasteiger partial charge on any atom is 0.346 e. The second kappa shape index (κ2) is 3.09. The number of hydrogen-bond donors (Lipinski definition) is 2. The van der Waals surface area contributed by atoms with Crippen molar-refractivity contribution in [3.63, 3.8) is 0 Å². The number of pyridine rings is 1. The molecule has 2 heterocycles. The largest absolute Gasteiger partial charge is 0.492 e. The zero-order chi connectivity index (χ0) is 11.0. The molecule has 0 aliphatic rings. The smallest absolute Gasteiger partial charge is 0.346 e. The van der Waals surface area contributed by atoms with E-state index < -0.39 is 23.0 Å². The Balaban J connectivity index is 2.97. The van der Waals surface area contributed by atoms with Gasteiger partial charge in [0.15, 0.2) is 5.56 Å². The molecule has 0 saturated heterocycles. The molecule has 2 rings (SSSR count). The lowest BCUT2D eigenvalue weighted by atomic mass is 10.3. The molecule has 15 heavy (non-hydrogen) atoms. The van der Waals surface area contributed by atoms with Crippen LogP contribution in [0.25, 0.3) is 5.65 Å². The van der Waals surface area contributed by atoms with Crippen molar-refractivity contribution in [2.75, 3.05) is 0 Å². The molecule has 0 unspecified atom stereocenters. The van der Waals surface area contributed by atoms with Crippen LogP contribution in [0.1, 0.15) is 10.4 Å². The molecule has 0 fully saturated rings. The van der Waals surface area contributed by atoms with Crippen molar-refractivity contribution in [1.82, 2.24) is 9.38 Å². The standard InChI is InChI=1S/C9H6N2O4/c12-7-6(9(14)15)8(13)11-4-2-1-3-5(11)10-7/h1-4,12H,(H,14,15). The first-order valence-electron chi connectivity index (χ1n) is 4.05. The van der Waals surface area contributed by atoms with E-state index >= 15 is 0 Å². The van der Waals surface area contributed by atoms with Crippen LogP contribution in [0.2, 0.25) is 0 Å². The Kier molecular flexibility index (Phi) is 1.89. The number of aromatic hydroxyl groups is 1. The summed E-state index contributed by atoms with van der Waals surface area (Å²) in [6, 6.07) is 4.69. The van der Waals surface area contributed by atoms with Gasteiger partial charge in [0.05, 0.1) is 0 Å². The number of aromatic carboxylic acids is 1. The van der Waals surface area contributed by atoms with Crippen molar-refractivity contribution in [1.29, 1.82) is 0 Å². The van der Waals surface area contributed by atoms with E-state index in [1.54, 1.807) is 12.1 Å². The SMILES string of the molecule is O=C(O)c1c(O)nc2ccccn2c1=O. The molecule has 6 nitrogen and oxygen atoms in total. The predicted molar refractivity (Wildman–Crippen MR) is 50.1 cm³/mol. The summed E-state index contributed by atoms with van der Waals surface area (Å²) in [6.07, 6.45) is 1.39. The minimum absolute atomic E-state index is 0.199. The molecule has 0 aliphatic carbocycles. The average molecular weight is 206 g/mol. The van der Waals surface area contributed by atoms with Gasteiger partial charge in [0.25, 0.3) is 5.56 Å². The lowest BCUT2D eigenvalue weighted by Gasteiger charge is -2.02. The Morgan fingerprint density at radius 3 is 2.80 bits per heavy atom. The Labute approximate surface area is 83.1 Å².